The lowest BCUT2D eigenvalue weighted by molar-refractivity contribution is 0.121. The Hall–Kier alpha value is -2.95. The maximum Gasteiger partial charge on any atom is 0.157 e. The maximum atomic E-state index is 13.5. The van der Waals surface area contributed by atoms with Crippen LogP contribution in [0.3, 0.4) is 0 Å². The summed E-state index contributed by atoms with van der Waals surface area (Å²) in [5.74, 6) is -0.364. The van der Waals surface area contributed by atoms with Crippen molar-refractivity contribution in [2.24, 2.45) is 0 Å². The molecule has 4 aromatic rings. The van der Waals surface area contributed by atoms with Crippen LogP contribution in [-0.4, -0.2) is 15.3 Å². The van der Waals surface area contributed by atoms with Crippen molar-refractivity contribution in [1.82, 2.24) is 10.2 Å². The first-order valence-corrected chi connectivity index (χ1v) is 8.80. The molecule has 0 amide bonds. The second kappa shape index (κ2) is 6.99. The first-order valence-electron chi connectivity index (χ1n) is 8.43. The summed E-state index contributed by atoms with van der Waals surface area (Å²) in [6, 6.07) is 22.4. The van der Waals surface area contributed by atoms with Gasteiger partial charge in [0.25, 0.3) is 0 Å². The van der Waals surface area contributed by atoms with Gasteiger partial charge in [-0.1, -0.05) is 66.2 Å². The van der Waals surface area contributed by atoms with E-state index in [9.17, 15) is 9.50 Å². The molecule has 0 bridgehead atoms. The van der Waals surface area contributed by atoms with Gasteiger partial charge in [0.05, 0.1) is 11.9 Å². The highest BCUT2D eigenvalue weighted by atomic mass is 35.5. The molecule has 4 rings (SSSR count). The fourth-order valence-electron chi connectivity index (χ4n) is 3.24. The molecule has 0 spiro atoms. The molecule has 1 atom stereocenters. The highest BCUT2D eigenvalue weighted by molar-refractivity contribution is 6.30. The fraction of sp³-hybridized carbons (Fsp3) is 0.0455. The Kier molecular flexibility index (Phi) is 4.52. The van der Waals surface area contributed by atoms with Gasteiger partial charge in [0.15, 0.2) is 5.60 Å². The number of benzene rings is 3. The predicted octanol–water partition coefficient (Wildman–Crippen LogP) is 5.15. The molecule has 3 aromatic carbocycles. The minimum absolute atomic E-state index is 0.364. The molecule has 0 aliphatic carbocycles. The number of aliphatic hydroxyl groups is 1. The topological polar surface area (TPSA) is 48.9 Å². The van der Waals surface area contributed by atoms with Gasteiger partial charge in [-0.25, -0.2) is 4.39 Å². The molecule has 0 aliphatic rings. The van der Waals surface area contributed by atoms with Gasteiger partial charge in [-0.2, -0.15) is 5.10 Å². The van der Waals surface area contributed by atoms with Gasteiger partial charge in [0.2, 0.25) is 0 Å². The Labute approximate surface area is 161 Å². The SMILES string of the molecule is O[C@](c1ccccc1)(c1ccc(F)cc1)c1[nH]ncc1-c1ccc(Cl)cc1. The van der Waals surface area contributed by atoms with E-state index < -0.39 is 5.60 Å². The summed E-state index contributed by atoms with van der Waals surface area (Å²) in [6.45, 7) is 0. The van der Waals surface area contributed by atoms with E-state index in [0.717, 1.165) is 11.1 Å². The highest BCUT2D eigenvalue weighted by Gasteiger charge is 2.37. The van der Waals surface area contributed by atoms with Crippen molar-refractivity contribution in [3.05, 3.63) is 113 Å². The summed E-state index contributed by atoms with van der Waals surface area (Å²) in [5, 5.41) is 19.6. The molecule has 1 aromatic heterocycles. The monoisotopic (exact) mass is 378 g/mol. The van der Waals surface area contributed by atoms with Crippen molar-refractivity contribution in [3.63, 3.8) is 0 Å². The van der Waals surface area contributed by atoms with Crippen molar-refractivity contribution < 1.29 is 9.50 Å². The molecule has 5 heteroatoms. The van der Waals surface area contributed by atoms with Crippen LogP contribution in [0.2, 0.25) is 5.02 Å². The number of halogens is 2. The van der Waals surface area contributed by atoms with Gasteiger partial charge >= 0.3 is 0 Å². The third-order valence-electron chi connectivity index (χ3n) is 4.61. The molecule has 27 heavy (non-hydrogen) atoms. The van der Waals surface area contributed by atoms with Crippen LogP contribution < -0.4 is 0 Å². The Balaban J connectivity index is 1.95. The normalized spacial score (nSPS) is 13.3. The zero-order valence-electron chi connectivity index (χ0n) is 14.2. The molecule has 0 radical (unpaired) electrons. The molecule has 134 valence electrons. The summed E-state index contributed by atoms with van der Waals surface area (Å²) >= 11 is 6.00. The lowest BCUT2D eigenvalue weighted by Crippen LogP contribution is -2.30. The zero-order valence-corrected chi connectivity index (χ0v) is 15.0. The van der Waals surface area contributed by atoms with E-state index in [1.807, 2.05) is 42.5 Å². The van der Waals surface area contributed by atoms with Gasteiger partial charge < -0.3 is 5.11 Å². The summed E-state index contributed by atoms with van der Waals surface area (Å²) in [4.78, 5) is 0. The van der Waals surface area contributed by atoms with E-state index in [-0.39, 0.29) is 5.82 Å². The number of hydrogen-bond donors (Lipinski definition) is 2. The van der Waals surface area contributed by atoms with E-state index in [1.165, 1.54) is 12.1 Å². The van der Waals surface area contributed by atoms with Crippen LogP contribution in [0.25, 0.3) is 11.1 Å². The largest absolute Gasteiger partial charge is 0.374 e. The first-order chi connectivity index (χ1) is 13.1. The van der Waals surface area contributed by atoms with Gasteiger partial charge in [-0.3, -0.25) is 5.10 Å². The third kappa shape index (κ3) is 3.14. The van der Waals surface area contributed by atoms with Crippen LogP contribution in [-0.2, 0) is 5.60 Å². The van der Waals surface area contributed by atoms with Crippen LogP contribution in [0, 0.1) is 5.82 Å². The van der Waals surface area contributed by atoms with Crippen LogP contribution in [0.4, 0.5) is 4.39 Å². The standard InChI is InChI=1S/C22H16ClFN2O/c23-18-10-6-15(7-11-18)20-14-25-26-21(20)22(27,16-4-2-1-3-5-16)17-8-12-19(24)13-9-17/h1-14,27H,(H,25,26)/t22-/m1/s1. The van der Waals surface area contributed by atoms with E-state index in [1.54, 1.807) is 30.5 Å². The summed E-state index contributed by atoms with van der Waals surface area (Å²) in [7, 11) is 0. The number of nitrogens with one attached hydrogen (secondary N) is 1. The average molecular weight is 379 g/mol. The van der Waals surface area contributed by atoms with Crippen molar-refractivity contribution >= 4 is 11.6 Å². The molecule has 1 heterocycles. The quantitative estimate of drug-likeness (QED) is 0.515. The molecule has 0 saturated heterocycles. The lowest BCUT2D eigenvalue weighted by Gasteiger charge is -2.29. The zero-order chi connectivity index (χ0) is 18.9. The van der Waals surface area contributed by atoms with Gasteiger partial charge in [-0.15, -0.1) is 0 Å². The number of nitrogens with zero attached hydrogens (tertiary/aromatic N) is 1. The number of H-pyrrole nitrogens is 1. The molecular weight excluding hydrogens is 363 g/mol. The molecular formula is C22H16ClFN2O. The van der Waals surface area contributed by atoms with E-state index in [4.69, 9.17) is 11.6 Å². The molecule has 2 N–H and O–H groups in total. The first kappa shape index (κ1) is 17.5. The van der Waals surface area contributed by atoms with Crippen LogP contribution in [0.15, 0.2) is 85.1 Å². The summed E-state index contributed by atoms with van der Waals surface area (Å²) in [5.41, 5.74) is 1.76. The van der Waals surface area contributed by atoms with Crippen molar-refractivity contribution in [2.75, 3.05) is 0 Å². The van der Waals surface area contributed by atoms with Gasteiger partial charge in [-0.05, 0) is 41.0 Å². The van der Waals surface area contributed by atoms with Crippen LogP contribution in [0.1, 0.15) is 16.8 Å². The second-order valence-electron chi connectivity index (χ2n) is 6.25. The number of aromatic nitrogens is 2. The lowest BCUT2D eigenvalue weighted by atomic mass is 9.81. The fourth-order valence-corrected chi connectivity index (χ4v) is 3.36. The number of aromatic amines is 1. The Morgan fingerprint density at radius 3 is 2.15 bits per heavy atom. The second-order valence-corrected chi connectivity index (χ2v) is 6.69. The van der Waals surface area contributed by atoms with Crippen molar-refractivity contribution in [3.8, 4) is 11.1 Å². The van der Waals surface area contributed by atoms with Crippen LogP contribution in [0.5, 0.6) is 0 Å². The van der Waals surface area contributed by atoms with Crippen LogP contribution >= 0.6 is 11.6 Å². The molecule has 3 nitrogen and oxygen atoms in total. The maximum absolute atomic E-state index is 13.5. The molecule has 0 aliphatic heterocycles. The molecule has 0 fully saturated rings. The Morgan fingerprint density at radius 2 is 1.48 bits per heavy atom. The average Bonchev–Trinajstić information content (AvgIpc) is 3.19. The van der Waals surface area contributed by atoms with E-state index >= 15 is 0 Å². The van der Waals surface area contributed by atoms with Crippen molar-refractivity contribution in [1.29, 1.82) is 0 Å². The molecule has 0 unspecified atom stereocenters. The predicted molar refractivity (Wildman–Crippen MR) is 104 cm³/mol. The van der Waals surface area contributed by atoms with E-state index in [0.29, 0.717) is 21.8 Å². The Morgan fingerprint density at radius 1 is 0.852 bits per heavy atom. The summed E-state index contributed by atoms with van der Waals surface area (Å²) < 4.78 is 13.5. The van der Waals surface area contributed by atoms with Gasteiger partial charge in [0, 0.05) is 10.6 Å². The number of hydrogen-bond acceptors (Lipinski definition) is 2. The third-order valence-corrected chi connectivity index (χ3v) is 4.86. The number of rotatable bonds is 4. The smallest absolute Gasteiger partial charge is 0.157 e. The minimum atomic E-state index is -1.53. The Bertz CT molecular complexity index is 1050. The van der Waals surface area contributed by atoms with Gasteiger partial charge in [0.1, 0.15) is 5.82 Å². The van der Waals surface area contributed by atoms with Crippen molar-refractivity contribution in [2.45, 2.75) is 5.60 Å². The van der Waals surface area contributed by atoms with E-state index in [2.05, 4.69) is 10.2 Å². The minimum Gasteiger partial charge on any atom is -0.374 e. The highest BCUT2D eigenvalue weighted by Crippen LogP contribution is 2.40. The summed E-state index contributed by atoms with van der Waals surface area (Å²) in [6.07, 6.45) is 1.66. The molecule has 0 saturated carbocycles.